The van der Waals surface area contributed by atoms with Gasteiger partial charge in [-0.1, -0.05) is 47.5 Å². The number of methoxy groups -OCH3 is 1. The normalized spacial score (nSPS) is 10.5. The SMILES string of the molecule is COc1ccc(C)cc1CNCc1cccc(C)c1. The molecule has 2 aromatic rings. The monoisotopic (exact) mass is 255 g/mol. The van der Waals surface area contributed by atoms with Crippen molar-refractivity contribution in [2.24, 2.45) is 0 Å². The third kappa shape index (κ3) is 3.83. The minimum Gasteiger partial charge on any atom is -0.496 e. The first-order valence-electron chi connectivity index (χ1n) is 6.59. The van der Waals surface area contributed by atoms with E-state index in [4.69, 9.17) is 4.74 Å². The molecule has 0 unspecified atom stereocenters. The molecule has 0 aliphatic carbocycles. The topological polar surface area (TPSA) is 21.3 Å². The molecule has 2 nitrogen and oxygen atoms in total. The van der Waals surface area contributed by atoms with Crippen LogP contribution < -0.4 is 10.1 Å². The second-order valence-corrected chi connectivity index (χ2v) is 4.91. The molecule has 0 spiro atoms. The standard InChI is InChI=1S/C17H21NO/c1-13-5-4-6-15(9-13)11-18-12-16-10-14(2)7-8-17(16)19-3/h4-10,18H,11-12H2,1-3H3. The molecule has 0 radical (unpaired) electrons. The van der Waals surface area contributed by atoms with Gasteiger partial charge in [0.2, 0.25) is 0 Å². The Morgan fingerprint density at radius 2 is 1.74 bits per heavy atom. The van der Waals surface area contributed by atoms with Crippen LogP contribution in [0.1, 0.15) is 22.3 Å². The fraction of sp³-hybridized carbons (Fsp3) is 0.294. The first-order valence-corrected chi connectivity index (χ1v) is 6.59. The van der Waals surface area contributed by atoms with Gasteiger partial charge in [-0.3, -0.25) is 0 Å². The quantitative estimate of drug-likeness (QED) is 0.881. The molecule has 2 aromatic carbocycles. The predicted molar refractivity (Wildman–Crippen MR) is 79.5 cm³/mol. The Hall–Kier alpha value is -1.80. The van der Waals surface area contributed by atoms with Crippen LogP contribution in [-0.4, -0.2) is 7.11 Å². The van der Waals surface area contributed by atoms with Gasteiger partial charge in [-0.05, 0) is 25.5 Å². The molecule has 0 fully saturated rings. The van der Waals surface area contributed by atoms with E-state index in [1.165, 1.54) is 22.3 Å². The van der Waals surface area contributed by atoms with E-state index < -0.39 is 0 Å². The lowest BCUT2D eigenvalue weighted by molar-refractivity contribution is 0.407. The molecular formula is C17H21NO. The van der Waals surface area contributed by atoms with Crippen molar-refractivity contribution in [1.29, 1.82) is 0 Å². The summed E-state index contributed by atoms with van der Waals surface area (Å²) in [5.41, 5.74) is 5.07. The lowest BCUT2D eigenvalue weighted by atomic mass is 10.1. The summed E-state index contributed by atoms with van der Waals surface area (Å²) in [6.45, 7) is 5.91. The summed E-state index contributed by atoms with van der Waals surface area (Å²) < 4.78 is 5.38. The van der Waals surface area contributed by atoms with Gasteiger partial charge in [0.1, 0.15) is 5.75 Å². The average molecular weight is 255 g/mol. The molecular weight excluding hydrogens is 234 g/mol. The Morgan fingerprint density at radius 1 is 0.947 bits per heavy atom. The summed E-state index contributed by atoms with van der Waals surface area (Å²) in [6.07, 6.45) is 0. The summed E-state index contributed by atoms with van der Waals surface area (Å²) in [6, 6.07) is 14.8. The van der Waals surface area contributed by atoms with Crippen LogP contribution >= 0.6 is 0 Å². The zero-order chi connectivity index (χ0) is 13.7. The van der Waals surface area contributed by atoms with Crippen LogP contribution in [0.2, 0.25) is 0 Å². The average Bonchev–Trinajstić information content (AvgIpc) is 2.39. The Balaban J connectivity index is 1.97. The fourth-order valence-corrected chi connectivity index (χ4v) is 2.21. The summed E-state index contributed by atoms with van der Waals surface area (Å²) in [7, 11) is 1.72. The van der Waals surface area contributed by atoms with E-state index in [1.807, 2.05) is 6.07 Å². The van der Waals surface area contributed by atoms with Gasteiger partial charge < -0.3 is 10.1 Å². The zero-order valence-electron chi connectivity index (χ0n) is 11.9. The molecule has 0 aromatic heterocycles. The molecule has 19 heavy (non-hydrogen) atoms. The second-order valence-electron chi connectivity index (χ2n) is 4.91. The Morgan fingerprint density at radius 3 is 2.47 bits per heavy atom. The first-order chi connectivity index (χ1) is 9.19. The van der Waals surface area contributed by atoms with Crippen LogP contribution in [0.4, 0.5) is 0 Å². The van der Waals surface area contributed by atoms with Gasteiger partial charge in [0.25, 0.3) is 0 Å². The maximum Gasteiger partial charge on any atom is 0.123 e. The van der Waals surface area contributed by atoms with Crippen LogP contribution in [0.25, 0.3) is 0 Å². The first kappa shape index (κ1) is 13.6. The largest absolute Gasteiger partial charge is 0.496 e. The molecule has 0 saturated heterocycles. The molecule has 0 saturated carbocycles. The van der Waals surface area contributed by atoms with Crippen molar-refractivity contribution in [3.63, 3.8) is 0 Å². The number of hydrogen-bond acceptors (Lipinski definition) is 2. The fourth-order valence-electron chi connectivity index (χ4n) is 2.21. The second kappa shape index (κ2) is 6.39. The number of hydrogen-bond donors (Lipinski definition) is 1. The van der Waals surface area contributed by atoms with E-state index in [2.05, 4.69) is 55.6 Å². The van der Waals surface area contributed by atoms with Crippen molar-refractivity contribution in [3.05, 3.63) is 64.7 Å². The van der Waals surface area contributed by atoms with Gasteiger partial charge in [-0.25, -0.2) is 0 Å². The van der Waals surface area contributed by atoms with Crippen LogP contribution in [0, 0.1) is 13.8 Å². The summed E-state index contributed by atoms with van der Waals surface area (Å²) >= 11 is 0. The highest BCUT2D eigenvalue weighted by atomic mass is 16.5. The van der Waals surface area contributed by atoms with Crippen LogP contribution in [0.15, 0.2) is 42.5 Å². The zero-order valence-corrected chi connectivity index (χ0v) is 11.9. The van der Waals surface area contributed by atoms with Crippen molar-refractivity contribution in [1.82, 2.24) is 5.32 Å². The maximum absolute atomic E-state index is 5.38. The van der Waals surface area contributed by atoms with E-state index >= 15 is 0 Å². The Kier molecular flexibility index (Phi) is 4.58. The highest BCUT2D eigenvalue weighted by Crippen LogP contribution is 2.19. The molecule has 2 rings (SSSR count). The maximum atomic E-state index is 5.38. The molecule has 0 heterocycles. The smallest absolute Gasteiger partial charge is 0.123 e. The Labute approximate surface area is 115 Å². The van der Waals surface area contributed by atoms with Crippen molar-refractivity contribution in [2.75, 3.05) is 7.11 Å². The Bertz CT molecular complexity index is 549. The van der Waals surface area contributed by atoms with Gasteiger partial charge in [0.15, 0.2) is 0 Å². The summed E-state index contributed by atoms with van der Waals surface area (Å²) in [4.78, 5) is 0. The van der Waals surface area contributed by atoms with E-state index in [9.17, 15) is 0 Å². The lowest BCUT2D eigenvalue weighted by Crippen LogP contribution is -2.13. The van der Waals surface area contributed by atoms with E-state index in [0.717, 1.165) is 18.8 Å². The lowest BCUT2D eigenvalue weighted by Gasteiger charge is -2.11. The highest BCUT2D eigenvalue weighted by molar-refractivity contribution is 5.36. The van der Waals surface area contributed by atoms with E-state index in [1.54, 1.807) is 7.11 Å². The van der Waals surface area contributed by atoms with Gasteiger partial charge >= 0.3 is 0 Å². The summed E-state index contributed by atoms with van der Waals surface area (Å²) in [5.74, 6) is 0.947. The predicted octanol–water partition coefficient (Wildman–Crippen LogP) is 3.60. The van der Waals surface area contributed by atoms with Crippen LogP contribution in [-0.2, 0) is 13.1 Å². The molecule has 2 heteroatoms. The van der Waals surface area contributed by atoms with Crippen molar-refractivity contribution < 1.29 is 4.74 Å². The van der Waals surface area contributed by atoms with Crippen molar-refractivity contribution in [3.8, 4) is 5.75 Å². The molecule has 0 aliphatic heterocycles. The summed E-state index contributed by atoms with van der Waals surface area (Å²) in [5, 5.41) is 3.47. The number of benzene rings is 2. The van der Waals surface area contributed by atoms with Gasteiger partial charge in [-0.15, -0.1) is 0 Å². The van der Waals surface area contributed by atoms with Gasteiger partial charge in [0.05, 0.1) is 7.11 Å². The third-order valence-electron chi connectivity index (χ3n) is 3.16. The number of aryl methyl sites for hydroxylation is 2. The molecule has 0 amide bonds. The minimum atomic E-state index is 0.818. The third-order valence-corrected chi connectivity index (χ3v) is 3.16. The minimum absolute atomic E-state index is 0.818. The van der Waals surface area contributed by atoms with Gasteiger partial charge in [0, 0.05) is 18.7 Å². The van der Waals surface area contributed by atoms with E-state index in [0.29, 0.717) is 0 Å². The number of nitrogens with one attached hydrogen (secondary N) is 1. The van der Waals surface area contributed by atoms with Crippen LogP contribution in [0.3, 0.4) is 0 Å². The molecule has 0 bridgehead atoms. The van der Waals surface area contributed by atoms with E-state index in [-0.39, 0.29) is 0 Å². The molecule has 100 valence electrons. The number of ether oxygens (including phenoxy) is 1. The van der Waals surface area contributed by atoms with Gasteiger partial charge in [-0.2, -0.15) is 0 Å². The highest BCUT2D eigenvalue weighted by Gasteiger charge is 2.02. The molecule has 1 N–H and O–H groups in total. The van der Waals surface area contributed by atoms with Crippen molar-refractivity contribution in [2.45, 2.75) is 26.9 Å². The number of rotatable bonds is 5. The van der Waals surface area contributed by atoms with Crippen LogP contribution in [0.5, 0.6) is 5.75 Å². The molecule has 0 aliphatic rings. The molecule has 0 atom stereocenters. The van der Waals surface area contributed by atoms with Crippen molar-refractivity contribution >= 4 is 0 Å².